The monoisotopic (exact) mass is 467 g/mol. The molecule has 0 aliphatic carbocycles. The van der Waals surface area contributed by atoms with Gasteiger partial charge in [0.25, 0.3) is 0 Å². The number of esters is 1. The molecule has 1 aromatic rings. The van der Waals surface area contributed by atoms with E-state index in [1.165, 1.54) is 6.07 Å². The maximum absolute atomic E-state index is 12.4. The number of benzene rings is 1. The van der Waals surface area contributed by atoms with Gasteiger partial charge in [0.05, 0.1) is 12.3 Å². The van der Waals surface area contributed by atoms with Gasteiger partial charge in [-0.1, -0.05) is 41.0 Å². The van der Waals surface area contributed by atoms with Crippen LogP contribution in [0.5, 0.6) is 5.75 Å². The van der Waals surface area contributed by atoms with E-state index in [1.807, 2.05) is 55.4 Å². The SMILES string of the molecule is CC.CC.CCCCOC(=O)C1CCc2cc(NC(=S)NC(C)(C)C)c(O)cc2NC1=O. The van der Waals surface area contributed by atoms with Crippen LogP contribution in [0.3, 0.4) is 0 Å². The summed E-state index contributed by atoms with van der Waals surface area (Å²) in [6.07, 6.45) is 2.52. The molecule has 4 N–H and O–H groups in total. The molecule has 1 heterocycles. The standard InChI is InChI=1S/C20H29N3O4S.2C2H6/c1-5-6-9-27-18(26)13-8-7-12-10-15(22-19(28)23-20(2,3)4)16(24)11-14(12)21-17(13)25;2*1-2/h10-11,13,24H,5-9H2,1-4H3,(H,21,25)(H2,22,23,28);2*1-2H3. The summed E-state index contributed by atoms with van der Waals surface area (Å²) in [4.78, 5) is 24.7. The minimum absolute atomic E-state index is 0.0407. The number of hydrogen-bond donors (Lipinski definition) is 4. The van der Waals surface area contributed by atoms with Crippen LogP contribution in [-0.4, -0.2) is 34.2 Å². The lowest BCUT2D eigenvalue weighted by atomic mass is 10.00. The summed E-state index contributed by atoms with van der Waals surface area (Å²) in [6.45, 7) is 16.3. The predicted molar refractivity (Wildman–Crippen MR) is 136 cm³/mol. The normalized spacial score (nSPS) is 14.8. The zero-order valence-corrected chi connectivity index (χ0v) is 21.7. The first-order valence-corrected chi connectivity index (χ1v) is 11.9. The van der Waals surface area contributed by atoms with Crippen LogP contribution in [0.25, 0.3) is 0 Å². The quantitative estimate of drug-likeness (QED) is 0.152. The molecule has 1 aromatic carbocycles. The Kier molecular flexibility index (Phi) is 13.6. The minimum atomic E-state index is -0.855. The number of nitrogens with one attached hydrogen (secondary N) is 3. The van der Waals surface area contributed by atoms with Gasteiger partial charge in [0, 0.05) is 17.3 Å². The molecule has 1 unspecified atom stereocenters. The molecule has 32 heavy (non-hydrogen) atoms. The Hall–Kier alpha value is -2.35. The van der Waals surface area contributed by atoms with Gasteiger partial charge in [0.15, 0.2) is 5.11 Å². The van der Waals surface area contributed by atoms with E-state index in [0.717, 1.165) is 18.4 Å². The lowest BCUT2D eigenvalue weighted by molar-refractivity contribution is -0.151. The molecule has 182 valence electrons. The second kappa shape index (κ2) is 14.7. The number of ether oxygens (including phenoxy) is 1. The Bertz CT molecular complexity index is 760. The highest BCUT2D eigenvalue weighted by atomic mass is 32.1. The third-order valence-electron chi connectivity index (χ3n) is 4.26. The molecule has 0 saturated carbocycles. The summed E-state index contributed by atoms with van der Waals surface area (Å²) < 4.78 is 5.21. The first kappa shape index (κ1) is 29.7. The van der Waals surface area contributed by atoms with Gasteiger partial charge >= 0.3 is 5.97 Å². The molecule has 1 aliphatic heterocycles. The van der Waals surface area contributed by atoms with Crippen molar-refractivity contribution in [3.05, 3.63) is 17.7 Å². The van der Waals surface area contributed by atoms with E-state index in [0.29, 0.717) is 35.9 Å². The van der Waals surface area contributed by atoms with Gasteiger partial charge < -0.3 is 25.8 Å². The van der Waals surface area contributed by atoms with E-state index in [1.54, 1.807) is 6.07 Å². The molecule has 1 atom stereocenters. The van der Waals surface area contributed by atoms with Crippen LogP contribution in [0, 0.1) is 5.92 Å². The van der Waals surface area contributed by atoms with Crippen LogP contribution in [0.4, 0.5) is 11.4 Å². The summed E-state index contributed by atoms with van der Waals surface area (Å²) in [5.41, 5.74) is 1.53. The molecule has 1 aliphatic rings. The molecule has 0 saturated heterocycles. The fourth-order valence-electron chi connectivity index (χ4n) is 2.84. The molecule has 2 rings (SSSR count). The first-order valence-electron chi connectivity index (χ1n) is 11.5. The number of thiocarbonyl (C=S) groups is 1. The predicted octanol–water partition coefficient (Wildman–Crippen LogP) is 5.37. The number of phenols is 1. The van der Waals surface area contributed by atoms with Crippen molar-refractivity contribution < 1.29 is 19.4 Å². The first-order chi connectivity index (χ1) is 15.1. The van der Waals surface area contributed by atoms with Crippen LogP contribution in [0.2, 0.25) is 0 Å². The van der Waals surface area contributed by atoms with Crippen molar-refractivity contribution in [2.45, 2.75) is 86.6 Å². The van der Waals surface area contributed by atoms with Gasteiger partial charge in [0.1, 0.15) is 11.7 Å². The number of aryl methyl sites for hydroxylation is 1. The van der Waals surface area contributed by atoms with Crippen molar-refractivity contribution in [1.29, 1.82) is 0 Å². The van der Waals surface area contributed by atoms with Crippen LogP contribution in [-0.2, 0) is 20.7 Å². The summed E-state index contributed by atoms with van der Waals surface area (Å²) in [5.74, 6) is -1.81. The summed E-state index contributed by atoms with van der Waals surface area (Å²) in [5, 5.41) is 19.5. The largest absolute Gasteiger partial charge is 0.506 e. The second-order valence-corrected chi connectivity index (χ2v) is 8.37. The molecule has 0 radical (unpaired) electrons. The third kappa shape index (κ3) is 9.85. The summed E-state index contributed by atoms with van der Waals surface area (Å²) in [7, 11) is 0. The number of aromatic hydroxyl groups is 1. The van der Waals surface area contributed by atoms with E-state index in [-0.39, 0.29) is 11.3 Å². The molecule has 7 nitrogen and oxygen atoms in total. The van der Waals surface area contributed by atoms with Crippen LogP contribution >= 0.6 is 12.2 Å². The third-order valence-corrected chi connectivity index (χ3v) is 4.47. The number of carbonyl (C=O) groups excluding carboxylic acids is 2. The molecular formula is C24H41N3O4S. The topological polar surface area (TPSA) is 99.7 Å². The van der Waals surface area contributed by atoms with Crippen molar-refractivity contribution in [3.63, 3.8) is 0 Å². The van der Waals surface area contributed by atoms with E-state index in [2.05, 4.69) is 16.0 Å². The molecule has 0 aromatic heterocycles. The highest BCUT2D eigenvalue weighted by molar-refractivity contribution is 7.80. The molecule has 0 bridgehead atoms. The van der Waals surface area contributed by atoms with Crippen LogP contribution < -0.4 is 16.0 Å². The molecular weight excluding hydrogens is 426 g/mol. The maximum Gasteiger partial charge on any atom is 0.318 e. The van der Waals surface area contributed by atoms with E-state index < -0.39 is 17.8 Å². The fraction of sp³-hybridized carbons (Fsp3) is 0.625. The Labute approximate surface area is 198 Å². The fourth-order valence-corrected chi connectivity index (χ4v) is 3.26. The lowest BCUT2D eigenvalue weighted by Crippen LogP contribution is -2.42. The average molecular weight is 468 g/mol. The van der Waals surface area contributed by atoms with Crippen LogP contribution in [0.1, 0.15) is 80.2 Å². The summed E-state index contributed by atoms with van der Waals surface area (Å²) >= 11 is 5.28. The van der Waals surface area contributed by atoms with E-state index >= 15 is 0 Å². The van der Waals surface area contributed by atoms with Gasteiger partial charge in [0.2, 0.25) is 5.91 Å². The highest BCUT2D eigenvalue weighted by Crippen LogP contribution is 2.34. The molecule has 0 spiro atoms. The zero-order valence-electron chi connectivity index (χ0n) is 20.8. The molecule has 8 heteroatoms. The van der Waals surface area contributed by atoms with Gasteiger partial charge in [-0.3, -0.25) is 9.59 Å². The van der Waals surface area contributed by atoms with Crippen molar-refractivity contribution in [1.82, 2.24) is 5.32 Å². The summed E-state index contributed by atoms with van der Waals surface area (Å²) in [6, 6.07) is 3.21. The number of carbonyl (C=O) groups is 2. The maximum atomic E-state index is 12.4. The van der Waals surface area contributed by atoms with Crippen LogP contribution in [0.15, 0.2) is 12.1 Å². The van der Waals surface area contributed by atoms with Crippen molar-refractivity contribution >= 4 is 40.6 Å². The molecule has 0 fully saturated rings. The zero-order chi connectivity index (χ0) is 24.9. The van der Waals surface area contributed by atoms with Gasteiger partial charge in [-0.25, -0.2) is 0 Å². The van der Waals surface area contributed by atoms with E-state index in [4.69, 9.17) is 17.0 Å². The smallest absolute Gasteiger partial charge is 0.318 e. The van der Waals surface area contributed by atoms with Gasteiger partial charge in [-0.05, 0) is 63.9 Å². The second-order valence-electron chi connectivity index (χ2n) is 7.96. The number of rotatable bonds is 5. The number of unbranched alkanes of at least 4 members (excludes halogenated alkanes) is 1. The Balaban J connectivity index is 0.00000227. The lowest BCUT2D eigenvalue weighted by Gasteiger charge is -2.23. The van der Waals surface area contributed by atoms with Crippen molar-refractivity contribution in [2.75, 3.05) is 17.2 Å². The van der Waals surface area contributed by atoms with Gasteiger partial charge in [-0.15, -0.1) is 0 Å². The number of anilines is 2. The number of amides is 1. The van der Waals surface area contributed by atoms with Gasteiger partial charge in [-0.2, -0.15) is 0 Å². The average Bonchev–Trinajstić information content (AvgIpc) is 2.88. The number of phenolic OH excluding ortho intramolecular Hbond substituents is 1. The highest BCUT2D eigenvalue weighted by Gasteiger charge is 2.31. The molecule has 1 amide bonds. The Morgan fingerprint density at radius 3 is 2.44 bits per heavy atom. The Morgan fingerprint density at radius 2 is 1.88 bits per heavy atom. The van der Waals surface area contributed by atoms with Crippen molar-refractivity contribution in [2.24, 2.45) is 5.92 Å². The number of hydrogen-bond acceptors (Lipinski definition) is 5. The van der Waals surface area contributed by atoms with Crippen molar-refractivity contribution in [3.8, 4) is 5.75 Å². The number of fused-ring (bicyclic) bond motifs is 1. The Morgan fingerprint density at radius 1 is 1.25 bits per heavy atom. The minimum Gasteiger partial charge on any atom is -0.506 e. The van der Waals surface area contributed by atoms with E-state index in [9.17, 15) is 14.7 Å².